The molecule has 0 saturated carbocycles. The number of rotatable bonds is 6. The molecule has 0 aliphatic carbocycles. The number of thioether (sulfide) groups is 1. The van der Waals surface area contributed by atoms with Crippen LogP contribution in [-0.2, 0) is 0 Å². The fraction of sp³-hybridized carbons (Fsp3) is 0.778. The predicted octanol–water partition coefficient (Wildman–Crippen LogP) is 3.72. The molecule has 0 fully saturated rings. The number of alkyl halides is 1. The highest BCUT2D eigenvalue weighted by atomic mass is 79.9. The second kappa shape index (κ2) is 6.13. The standard InChI is InChI=1S/C9H17BrS/c1-4-9(2,8-10)6-5-7-11-3/h4H,1,5-8H2,2-3H3. The van der Waals surface area contributed by atoms with Crippen LogP contribution in [0, 0.1) is 5.41 Å². The molecule has 2 heteroatoms. The van der Waals surface area contributed by atoms with E-state index in [1.54, 1.807) is 0 Å². The second-order valence-electron chi connectivity index (χ2n) is 3.09. The minimum Gasteiger partial charge on any atom is -0.165 e. The Morgan fingerprint density at radius 1 is 1.64 bits per heavy atom. The summed E-state index contributed by atoms with van der Waals surface area (Å²) in [5, 5.41) is 1.03. The highest BCUT2D eigenvalue weighted by Gasteiger charge is 2.17. The second-order valence-corrected chi connectivity index (χ2v) is 4.63. The van der Waals surface area contributed by atoms with Crippen molar-refractivity contribution < 1.29 is 0 Å². The summed E-state index contributed by atoms with van der Waals surface area (Å²) in [7, 11) is 0. The molecule has 0 aromatic carbocycles. The summed E-state index contributed by atoms with van der Waals surface area (Å²) >= 11 is 5.42. The van der Waals surface area contributed by atoms with E-state index in [1.807, 2.05) is 11.8 Å². The van der Waals surface area contributed by atoms with E-state index < -0.39 is 0 Å². The van der Waals surface area contributed by atoms with Gasteiger partial charge < -0.3 is 0 Å². The van der Waals surface area contributed by atoms with E-state index in [0.717, 1.165) is 5.33 Å². The SMILES string of the molecule is C=CC(C)(CBr)CCCSC. The van der Waals surface area contributed by atoms with E-state index >= 15 is 0 Å². The van der Waals surface area contributed by atoms with Gasteiger partial charge in [0.1, 0.15) is 0 Å². The Balaban J connectivity index is 3.60. The summed E-state index contributed by atoms with van der Waals surface area (Å²) in [6.07, 6.45) is 6.74. The summed E-state index contributed by atoms with van der Waals surface area (Å²) < 4.78 is 0. The summed E-state index contributed by atoms with van der Waals surface area (Å²) in [6.45, 7) is 6.09. The average molecular weight is 237 g/mol. The van der Waals surface area contributed by atoms with Crippen LogP contribution >= 0.6 is 27.7 Å². The molecule has 0 heterocycles. The van der Waals surface area contributed by atoms with Crippen molar-refractivity contribution in [1.29, 1.82) is 0 Å². The van der Waals surface area contributed by atoms with Crippen LogP contribution < -0.4 is 0 Å². The third-order valence-corrected chi connectivity index (χ3v) is 3.87. The molecule has 0 bridgehead atoms. The first-order valence-electron chi connectivity index (χ1n) is 3.87. The van der Waals surface area contributed by atoms with Crippen molar-refractivity contribution in [3.8, 4) is 0 Å². The summed E-state index contributed by atoms with van der Waals surface area (Å²) in [5.41, 5.74) is 0.301. The molecule has 66 valence electrons. The molecule has 1 unspecified atom stereocenters. The lowest BCUT2D eigenvalue weighted by Crippen LogP contribution is -2.14. The number of hydrogen-bond acceptors (Lipinski definition) is 1. The minimum atomic E-state index is 0.301. The van der Waals surface area contributed by atoms with Crippen molar-refractivity contribution >= 4 is 27.7 Å². The van der Waals surface area contributed by atoms with Crippen molar-refractivity contribution in [1.82, 2.24) is 0 Å². The lowest BCUT2D eigenvalue weighted by Gasteiger charge is -2.22. The van der Waals surface area contributed by atoms with E-state index in [0.29, 0.717) is 5.41 Å². The Morgan fingerprint density at radius 3 is 2.64 bits per heavy atom. The van der Waals surface area contributed by atoms with E-state index in [4.69, 9.17) is 0 Å². The van der Waals surface area contributed by atoms with Crippen LogP contribution in [0.15, 0.2) is 12.7 Å². The molecular weight excluding hydrogens is 220 g/mol. The van der Waals surface area contributed by atoms with E-state index in [9.17, 15) is 0 Å². The van der Waals surface area contributed by atoms with Gasteiger partial charge in [-0.25, -0.2) is 0 Å². The lowest BCUT2D eigenvalue weighted by atomic mass is 9.88. The monoisotopic (exact) mass is 236 g/mol. The molecule has 0 radical (unpaired) electrons. The van der Waals surface area contributed by atoms with Gasteiger partial charge in [-0.3, -0.25) is 0 Å². The summed E-state index contributed by atoms with van der Waals surface area (Å²) in [4.78, 5) is 0. The van der Waals surface area contributed by atoms with Crippen molar-refractivity contribution in [2.75, 3.05) is 17.3 Å². The van der Waals surface area contributed by atoms with Crippen LogP contribution in [0.25, 0.3) is 0 Å². The van der Waals surface area contributed by atoms with Gasteiger partial charge >= 0.3 is 0 Å². The molecule has 0 spiro atoms. The zero-order chi connectivity index (χ0) is 8.74. The van der Waals surface area contributed by atoms with Crippen molar-refractivity contribution in [3.63, 3.8) is 0 Å². The molecular formula is C9H17BrS. The highest BCUT2D eigenvalue weighted by molar-refractivity contribution is 9.09. The van der Waals surface area contributed by atoms with Crippen LogP contribution in [0.4, 0.5) is 0 Å². The van der Waals surface area contributed by atoms with Crippen LogP contribution in [-0.4, -0.2) is 17.3 Å². The van der Waals surface area contributed by atoms with Gasteiger partial charge in [0, 0.05) is 5.33 Å². The van der Waals surface area contributed by atoms with Crippen LogP contribution in [0.3, 0.4) is 0 Å². The van der Waals surface area contributed by atoms with Crippen LogP contribution in [0.1, 0.15) is 19.8 Å². The van der Waals surface area contributed by atoms with Gasteiger partial charge in [-0.15, -0.1) is 6.58 Å². The molecule has 0 aliphatic heterocycles. The zero-order valence-electron chi connectivity index (χ0n) is 7.40. The number of hydrogen-bond donors (Lipinski definition) is 0. The third kappa shape index (κ3) is 4.91. The first-order valence-corrected chi connectivity index (χ1v) is 6.38. The molecule has 0 nitrogen and oxygen atoms in total. The molecule has 0 aromatic heterocycles. The molecule has 1 atom stereocenters. The maximum atomic E-state index is 3.85. The normalized spacial score (nSPS) is 15.9. The maximum Gasteiger partial charge on any atom is 0.0120 e. The predicted molar refractivity (Wildman–Crippen MR) is 59.7 cm³/mol. The smallest absolute Gasteiger partial charge is 0.0120 e. The van der Waals surface area contributed by atoms with Gasteiger partial charge in [0.15, 0.2) is 0 Å². The first kappa shape index (κ1) is 11.6. The Labute approximate surface area is 83.0 Å². The average Bonchev–Trinajstić information content (AvgIpc) is 2.05. The first-order chi connectivity index (χ1) is 5.18. The summed E-state index contributed by atoms with van der Waals surface area (Å²) in [5.74, 6) is 1.26. The Kier molecular flexibility index (Phi) is 6.44. The largest absolute Gasteiger partial charge is 0.165 e. The maximum absolute atomic E-state index is 3.85. The zero-order valence-corrected chi connectivity index (χ0v) is 9.80. The number of halogens is 1. The van der Waals surface area contributed by atoms with Gasteiger partial charge in [-0.2, -0.15) is 11.8 Å². The Hall–Kier alpha value is 0.570. The molecule has 11 heavy (non-hydrogen) atoms. The van der Waals surface area contributed by atoms with Gasteiger partial charge in [-0.1, -0.05) is 28.9 Å². The molecule has 0 N–H and O–H groups in total. The van der Waals surface area contributed by atoms with E-state index in [1.165, 1.54) is 18.6 Å². The van der Waals surface area contributed by atoms with E-state index in [2.05, 4.69) is 41.8 Å². The topological polar surface area (TPSA) is 0 Å². The Bertz CT molecular complexity index is 114. The van der Waals surface area contributed by atoms with Gasteiger partial charge in [0.05, 0.1) is 0 Å². The van der Waals surface area contributed by atoms with Gasteiger partial charge in [0.2, 0.25) is 0 Å². The summed E-state index contributed by atoms with van der Waals surface area (Å²) in [6, 6.07) is 0. The number of allylic oxidation sites excluding steroid dienone is 1. The molecule has 0 rings (SSSR count). The molecule has 0 aromatic rings. The van der Waals surface area contributed by atoms with Crippen LogP contribution in [0.2, 0.25) is 0 Å². The molecule has 0 saturated heterocycles. The minimum absolute atomic E-state index is 0.301. The van der Waals surface area contributed by atoms with Crippen molar-refractivity contribution in [2.45, 2.75) is 19.8 Å². The lowest BCUT2D eigenvalue weighted by molar-refractivity contribution is 0.447. The molecule has 0 aliphatic rings. The molecule has 0 amide bonds. The van der Waals surface area contributed by atoms with Crippen molar-refractivity contribution in [2.24, 2.45) is 5.41 Å². The fourth-order valence-electron chi connectivity index (χ4n) is 0.844. The Morgan fingerprint density at radius 2 is 2.27 bits per heavy atom. The van der Waals surface area contributed by atoms with Gasteiger partial charge in [0.25, 0.3) is 0 Å². The van der Waals surface area contributed by atoms with Crippen LogP contribution in [0.5, 0.6) is 0 Å². The highest BCUT2D eigenvalue weighted by Crippen LogP contribution is 2.27. The fourth-order valence-corrected chi connectivity index (χ4v) is 1.79. The third-order valence-electron chi connectivity index (χ3n) is 1.89. The van der Waals surface area contributed by atoms with Gasteiger partial charge in [-0.05, 0) is 30.3 Å². The van der Waals surface area contributed by atoms with E-state index in [-0.39, 0.29) is 0 Å². The quantitative estimate of drug-likeness (QED) is 0.385. The van der Waals surface area contributed by atoms with Crippen molar-refractivity contribution in [3.05, 3.63) is 12.7 Å².